The predicted molar refractivity (Wildman–Crippen MR) is 100 cm³/mol. The summed E-state index contributed by atoms with van der Waals surface area (Å²) in [6.45, 7) is 1.85. The van der Waals surface area contributed by atoms with Gasteiger partial charge in [0.25, 0.3) is 11.6 Å². The molecule has 0 saturated heterocycles. The summed E-state index contributed by atoms with van der Waals surface area (Å²) in [6.07, 6.45) is 0. The number of hydrogen-bond acceptors (Lipinski definition) is 6. The van der Waals surface area contributed by atoms with E-state index in [1.165, 1.54) is 23.5 Å². The van der Waals surface area contributed by atoms with Gasteiger partial charge in [-0.05, 0) is 13.0 Å². The number of hydrogen-bond donors (Lipinski definition) is 2. The zero-order valence-electron chi connectivity index (χ0n) is 14.0. The van der Waals surface area contributed by atoms with Crippen molar-refractivity contribution in [1.82, 2.24) is 4.98 Å². The fourth-order valence-electron chi connectivity index (χ4n) is 2.58. The Morgan fingerprint density at radius 3 is 2.48 bits per heavy atom. The van der Waals surface area contributed by atoms with Gasteiger partial charge >= 0.3 is 5.97 Å². The molecule has 8 nitrogen and oxygen atoms in total. The molecular weight excluding hydrogens is 370 g/mol. The third-order valence-electron chi connectivity index (χ3n) is 3.76. The first-order valence-electron chi connectivity index (χ1n) is 7.73. The Labute approximate surface area is 157 Å². The topological polar surface area (TPSA) is 122 Å². The smallest absolute Gasteiger partial charge is 0.343 e. The lowest BCUT2D eigenvalue weighted by Crippen LogP contribution is -2.17. The molecule has 2 aromatic carbocycles. The molecule has 0 aliphatic carbocycles. The quantitative estimate of drug-likeness (QED) is 0.507. The minimum absolute atomic E-state index is 0.277. The second kappa shape index (κ2) is 7.34. The summed E-state index contributed by atoms with van der Waals surface area (Å²) in [5, 5.41) is 23.2. The molecular formula is C18H13N3O5S. The first-order valence-corrected chi connectivity index (χ1v) is 8.55. The fourth-order valence-corrected chi connectivity index (χ4v) is 3.42. The summed E-state index contributed by atoms with van der Waals surface area (Å²) < 4.78 is 0. The summed E-state index contributed by atoms with van der Waals surface area (Å²) in [4.78, 5) is 39.5. The lowest BCUT2D eigenvalue weighted by atomic mass is 10.0. The van der Waals surface area contributed by atoms with Crippen LogP contribution in [0.1, 0.15) is 25.6 Å². The summed E-state index contributed by atoms with van der Waals surface area (Å²) in [7, 11) is 0. The number of nitro groups is 1. The second-order valence-electron chi connectivity index (χ2n) is 5.51. The molecule has 0 aliphatic rings. The first kappa shape index (κ1) is 18.2. The number of rotatable bonds is 5. The van der Waals surface area contributed by atoms with Crippen molar-refractivity contribution in [3.63, 3.8) is 0 Å². The van der Waals surface area contributed by atoms with E-state index in [9.17, 15) is 24.8 Å². The highest BCUT2D eigenvalue weighted by molar-refractivity contribution is 7.16. The van der Waals surface area contributed by atoms with Crippen LogP contribution in [0.2, 0.25) is 0 Å². The Hall–Kier alpha value is -3.59. The largest absolute Gasteiger partial charge is 0.477 e. The molecule has 0 aliphatic heterocycles. The Morgan fingerprint density at radius 2 is 1.85 bits per heavy atom. The van der Waals surface area contributed by atoms with Crippen LogP contribution in [0.4, 0.5) is 10.8 Å². The Kier molecular flexibility index (Phi) is 4.95. The SMILES string of the molecule is Cc1sc(NC(=O)c2cccc([N+](=O)[O-])c2C(=O)O)nc1-c1ccccc1. The van der Waals surface area contributed by atoms with E-state index in [2.05, 4.69) is 10.3 Å². The number of amides is 1. The number of anilines is 1. The third-order valence-corrected chi connectivity index (χ3v) is 4.65. The van der Waals surface area contributed by atoms with E-state index in [1.807, 2.05) is 37.3 Å². The molecule has 0 radical (unpaired) electrons. The number of carboxylic acid groups (broad SMARTS) is 1. The van der Waals surface area contributed by atoms with E-state index in [0.29, 0.717) is 5.69 Å². The number of nitrogens with zero attached hydrogens (tertiary/aromatic N) is 2. The van der Waals surface area contributed by atoms with E-state index in [4.69, 9.17) is 0 Å². The molecule has 136 valence electrons. The van der Waals surface area contributed by atoms with Crippen molar-refractivity contribution in [3.05, 3.63) is 74.6 Å². The molecule has 0 saturated carbocycles. The number of benzene rings is 2. The predicted octanol–water partition coefficient (Wildman–Crippen LogP) is 3.98. The van der Waals surface area contributed by atoms with Gasteiger partial charge in [0.05, 0.1) is 16.2 Å². The molecule has 0 spiro atoms. The first-order chi connectivity index (χ1) is 12.9. The summed E-state index contributed by atoms with van der Waals surface area (Å²) in [6, 6.07) is 12.9. The number of aryl methyl sites for hydroxylation is 1. The average molecular weight is 383 g/mol. The minimum Gasteiger partial charge on any atom is -0.477 e. The third kappa shape index (κ3) is 3.67. The molecule has 1 heterocycles. The molecule has 0 unspecified atom stereocenters. The highest BCUT2D eigenvalue weighted by Gasteiger charge is 2.27. The summed E-state index contributed by atoms with van der Waals surface area (Å²) >= 11 is 1.23. The van der Waals surface area contributed by atoms with Crippen molar-refractivity contribution >= 4 is 34.0 Å². The van der Waals surface area contributed by atoms with Gasteiger partial charge in [0.1, 0.15) is 5.56 Å². The van der Waals surface area contributed by atoms with Gasteiger partial charge in [-0.2, -0.15) is 0 Å². The second-order valence-corrected chi connectivity index (χ2v) is 6.71. The summed E-state index contributed by atoms with van der Waals surface area (Å²) in [5.74, 6) is -2.32. The van der Waals surface area contributed by atoms with E-state index in [-0.39, 0.29) is 10.7 Å². The maximum Gasteiger partial charge on any atom is 0.343 e. The zero-order chi connectivity index (χ0) is 19.6. The van der Waals surface area contributed by atoms with Crippen molar-refractivity contribution in [1.29, 1.82) is 0 Å². The van der Waals surface area contributed by atoms with Crippen LogP contribution in [0.15, 0.2) is 48.5 Å². The lowest BCUT2D eigenvalue weighted by Gasteiger charge is -2.06. The number of aromatic carboxylic acids is 1. The minimum atomic E-state index is -1.55. The molecule has 0 bridgehead atoms. The maximum absolute atomic E-state index is 12.5. The van der Waals surface area contributed by atoms with Gasteiger partial charge in [0, 0.05) is 16.5 Å². The number of carboxylic acids is 1. The van der Waals surface area contributed by atoms with E-state index in [1.54, 1.807) is 0 Å². The maximum atomic E-state index is 12.5. The van der Waals surface area contributed by atoms with Gasteiger partial charge in [0.15, 0.2) is 5.13 Å². The summed E-state index contributed by atoms with van der Waals surface area (Å²) in [5.41, 5.74) is -0.0143. The molecule has 0 atom stereocenters. The molecule has 27 heavy (non-hydrogen) atoms. The molecule has 3 rings (SSSR count). The van der Waals surface area contributed by atoms with Gasteiger partial charge in [0.2, 0.25) is 0 Å². The Balaban J connectivity index is 1.94. The normalized spacial score (nSPS) is 10.4. The van der Waals surface area contributed by atoms with Crippen molar-refractivity contribution in [3.8, 4) is 11.3 Å². The van der Waals surface area contributed by atoms with Crippen LogP contribution in [0.3, 0.4) is 0 Å². The monoisotopic (exact) mass is 383 g/mol. The fraction of sp³-hybridized carbons (Fsp3) is 0.0556. The van der Waals surface area contributed by atoms with Crippen molar-refractivity contribution in [2.75, 3.05) is 5.32 Å². The van der Waals surface area contributed by atoms with Crippen molar-refractivity contribution in [2.45, 2.75) is 6.92 Å². The van der Waals surface area contributed by atoms with Crippen LogP contribution in [0, 0.1) is 17.0 Å². The number of aromatic nitrogens is 1. The van der Waals surface area contributed by atoms with Crippen LogP contribution in [-0.4, -0.2) is 26.9 Å². The molecule has 1 aromatic heterocycles. The molecule has 1 amide bonds. The van der Waals surface area contributed by atoms with Crippen LogP contribution < -0.4 is 5.32 Å². The van der Waals surface area contributed by atoms with Crippen LogP contribution >= 0.6 is 11.3 Å². The van der Waals surface area contributed by atoms with E-state index >= 15 is 0 Å². The van der Waals surface area contributed by atoms with Crippen LogP contribution in [-0.2, 0) is 0 Å². The van der Waals surface area contributed by atoms with Crippen LogP contribution in [0.5, 0.6) is 0 Å². The highest BCUT2D eigenvalue weighted by atomic mass is 32.1. The average Bonchev–Trinajstić information content (AvgIpc) is 3.01. The van der Waals surface area contributed by atoms with Gasteiger partial charge in [-0.15, -0.1) is 11.3 Å². The van der Waals surface area contributed by atoms with Gasteiger partial charge in [-0.25, -0.2) is 9.78 Å². The molecule has 2 N–H and O–H groups in total. The van der Waals surface area contributed by atoms with Gasteiger partial charge < -0.3 is 5.11 Å². The lowest BCUT2D eigenvalue weighted by molar-refractivity contribution is -0.385. The number of nitrogens with one attached hydrogen (secondary N) is 1. The van der Waals surface area contributed by atoms with Crippen molar-refractivity contribution < 1.29 is 19.6 Å². The Morgan fingerprint density at radius 1 is 1.15 bits per heavy atom. The number of carbonyl (C=O) groups excluding carboxylic acids is 1. The molecule has 9 heteroatoms. The number of thiazole rings is 1. The van der Waals surface area contributed by atoms with Crippen molar-refractivity contribution in [2.24, 2.45) is 0 Å². The highest BCUT2D eigenvalue weighted by Crippen LogP contribution is 2.31. The zero-order valence-corrected chi connectivity index (χ0v) is 14.8. The standard InChI is InChI=1S/C18H13N3O5S/c1-10-15(11-6-3-2-4-7-11)19-18(27-10)20-16(22)12-8-5-9-13(21(25)26)14(12)17(23)24/h2-9H,1H3,(H,23,24)(H,19,20,22). The number of nitro benzene ring substituents is 1. The van der Waals surface area contributed by atoms with E-state index < -0.39 is 28.1 Å². The molecule has 0 fully saturated rings. The Bertz CT molecular complexity index is 1050. The van der Waals surface area contributed by atoms with Crippen LogP contribution in [0.25, 0.3) is 11.3 Å². The van der Waals surface area contributed by atoms with Gasteiger partial charge in [-0.1, -0.05) is 36.4 Å². The van der Waals surface area contributed by atoms with E-state index in [0.717, 1.165) is 16.5 Å². The number of carbonyl (C=O) groups is 2. The molecule has 3 aromatic rings. The van der Waals surface area contributed by atoms with Gasteiger partial charge in [-0.3, -0.25) is 20.2 Å².